The van der Waals surface area contributed by atoms with Crippen molar-refractivity contribution in [3.63, 3.8) is 0 Å². The molecule has 1 aromatic rings. The number of hydrogen-bond acceptors (Lipinski definition) is 5. The molecule has 0 aliphatic carbocycles. The molecule has 2 bridgehead atoms. The van der Waals surface area contributed by atoms with Crippen molar-refractivity contribution in [2.75, 3.05) is 6.61 Å². The van der Waals surface area contributed by atoms with Crippen LogP contribution in [0.5, 0.6) is 0 Å². The van der Waals surface area contributed by atoms with Gasteiger partial charge in [0.1, 0.15) is 6.10 Å². The van der Waals surface area contributed by atoms with Crippen molar-refractivity contribution in [2.24, 2.45) is 0 Å². The van der Waals surface area contributed by atoms with Gasteiger partial charge in [-0.05, 0) is 24.6 Å². The second kappa shape index (κ2) is 4.01. The Balaban J connectivity index is 1.75. The summed E-state index contributed by atoms with van der Waals surface area (Å²) in [6.45, 7) is 2.41. The lowest BCUT2D eigenvalue weighted by molar-refractivity contribution is -0.124. The highest BCUT2D eigenvalue weighted by Gasteiger charge is 2.40. The summed E-state index contributed by atoms with van der Waals surface area (Å²) in [5.41, 5.74) is 0.948. The molecule has 5 heteroatoms. The van der Waals surface area contributed by atoms with Gasteiger partial charge in [-0.1, -0.05) is 6.08 Å². The minimum atomic E-state index is -0.509. The van der Waals surface area contributed by atoms with Crippen molar-refractivity contribution in [2.45, 2.75) is 25.4 Å². The number of rotatable bonds is 2. The van der Waals surface area contributed by atoms with Crippen LogP contribution in [0.1, 0.15) is 17.5 Å². The second-order valence-electron chi connectivity index (χ2n) is 4.09. The monoisotopic (exact) mass is 236 g/mol. The number of ether oxygens (including phenoxy) is 3. The molecular formula is C12H12O5. The van der Waals surface area contributed by atoms with Gasteiger partial charge in [-0.3, -0.25) is 0 Å². The number of furan rings is 1. The average molecular weight is 236 g/mol. The van der Waals surface area contributed by atoms with Crippen molar-refractivity contribution in [1.82, 2.24) is 0 Å². The van der Waals surface area contributed by atoms with E-state index in [0.29, 0.717) is 6.61 Å². The maximum absolute atomic E-state index is 11.7. The zero-order valence-electron chi connectivity index (χ0n) is 9.29. The topological polar surface area (TPSA) is 57.9 Å². The van der Waals surface area contributed by atoms with Gasteiger partial charge in [0.25, 0.3) is 0 Å². The molecular weight excluding hydrogens is 224 g/mol. The minimum Gasteiger partial charge on any atom is -0.457 e. The number of hydrogen-bond donors (Lipinski definition) is 0. The first kappa shape index (κ1) is 10.6. The summed E-state index contributed by atoms with van der Waals surface area (Å²) in [5.74, 6) is -0.330. The van der Waals surface area contributed by atoms with Crippen molar-refractivity contribution < 1.29 is 23.4 Å². The maximum Gasteiger partial charge on any atom is 0.375 e. The number of fused-ring (bicyclic) bond motifs is 2. The summed E-state index contributed by atoms with van der Waals surface area (Å²) in [6, 6.07) is 3.20. The van der Waals surface area contributed by atoms with E-state index in [2.05, 4.69) is 0 Å². The summed E-state index contributed by atoms with van der Waals surface area (Å²) < 4.78 is 21.2. The van der Waals surface area contributed by atoms with Gasteiger partial charge < -0.3 is 18.6 Å². The first-order valence-corrected chi connectivity index (χ1v) is 5.44. The van der Waals surface area contributed by atoms with Crippen LogP contribution in [0.2, 0.25) is 0 Å². The predicted molar refractivity (Wildman–Crippen MR) is 56.3 cm³/mol. The van der Waals surface area contributed by atoms with Crippen LogP contribution in [-0.4, -0.2) is 31.1 Å². The molecule has 0 amide bonds. The van der Waals surface area contributed by atoms with E-state index in [1.165, 1.54) is 6.26 Å². The maximum atomic E-state index is 11.7. The Morgan fingerprint density at radius 3 is 3.18 bits per heavy atom. The van der Waals surface area contributed by atoms with Crippen LogP contribution < -0.4 is 0 Å². The Labute approximate surface area is 97.9 Å². The fourth-order valence-electron chi connectivity index (χ4n) is 2.01. The summed E-state index contributed by atoms with van der Waals surface area (Å²) in [5, 5.41) is 0. The molecule has 1 saturated heterocycles. The third-order valence-corrected chi connectivity index (χ3v) is 2.83. The molecule has 0 radical (unpaired) electrons. The Kier molecular flexibility index (Phi) is 2.49. The van der Waals surface area contributed by atoms with E-state index in [4.69, 9.17) is 18.6 Å². The van der Waals surface area contributed by atoms with E-state index in [1.54, 1.807) is 12.1 Å². The normalized spacial score (nSPS) is 31.1. The van der Waals surface area contributed by atoms with Gasteiger partial charge in [0.15, 0.2) is 12.4 Å². The molecule has 3 atom stereocenters. The molecule has 5 nitrogen and oxygen atoms in total. The Morgan fingerprint density at radius 2 is 2.41 bits per heavy atom. The predicted octanol–water partition coefficient (Wildman–Crippen LogP) is 1.51. The molecule has 0 unspecified atom stereocenters. The zero-order chi connectivity index (χ0) is 11.8. The van der Waals surface area contributed by atoms with Crippen LogP contribution in [0.25, 0.3) is 0 Å². The molecule has 3 rings (SSSR count). The lowest BCUT2D eigenvalue weighted by Gasteiger charge is -2.26. The fourth-order valence-corrected chi connectivity index (χ4v) is 2.01. The highest BCUT2D eigenvalue weighted by Crippen LogP contribution is 2.29. The van der Waals surface area contributed by atoms with Gasteiger partial charge in [-0.25, -0.2) is 4.79 Å². The third-order valence-electron chi connectivity index (χ3n) is 2.83. The molecule has 0 saturated carbocycles. The number of carbonyl (C=O) groups is 1. The van der Waals surface area contributed by atoms with Crippen LogP contribution in [0.3, 0.4) is 0 Å². The standard InChI is InChI=1S/C12H12O5/c1-7-5-8-6-15-12(16-8)10(7)17-11(13)9-3-2-4-14-9/h2-5,8,10,12H,6H2,1H3/t8-,10-,12+/m0/s1. The molecule has 90 valence electrons. The molecule has 2 aliphatic heterocycles. The lowest BCUT2D eigenvalue weighted by Crippen LogP contribution is -2.36. The van der Waals surface area contributed by atoms with Gasteiger partial charge >= 0.3 is 5.97 Å². The van der Waals surface area contributed by atoms with E-state index in [0.717, 1.165) is 5.57 Å². The molecule has 0 N–H and O–H groups in total. The SMILES string of the molecule is CC1=C[C@H]2CO[C@H](O2)[C@H]1OC(=O)c1ccco1. The second-order valence-corrected chi connectivity index (χ2v) is 4.09. The van der Waals surface area contributed by atoms with Gasteiger partial charge in [-0.2, -0.15) is 0 Å². The molecule has 17 heavy (non-hydrogen) atoms. The molecule has 0 spiro atoms. The van der Waals surface area contributed by atoms with Gasteiger partial charge in [0.2, 0.25) is 5.76 Å². The van der Waals surface area contributed by atoms with Crippen molar-refractivity contribution >= 4 is 5.97 Å². The fraction of sp³-hybridized carbons (Fsp3) is 0.417. The van der Waals surface area contributed by atoms with E-state index in [1.807, 2.05) is 13.0 Å². The molecule has 2 aliphatic rings. The van der Waals surface area contributed by atoms with Crippen LogP contribution >= 0.6 is 0 Å². The summed E-state index contributed by atoms with van der Waals surface area (Å²) in [4.78, 5) is 11.7. The third kappa shape index (κ3) is 1.87. The van der Waals surface area contributed by atoms with Gasteiger partial charge in [0.05, 0.1) is 12.9 Å². The van der Waals surface area contributed by atoms with E-state index in [-0.39, 0.29) is 11.9 Å². The molecule has 1 fully saturated rings. The van der Waals surface area contributed by atoms with Crippen LogP contribution in [0.15, 0.2) is 34.5 Å². The van der Waals surface area contributed by atoms with Gasteiger partial charge in [-0.15, -0.1) is 0 Å². The summed E-state index contributed by atoms with van der Waals surface area (Å²) in [7, 11) is 0. The van der Waals surface area contributed by atoms with Crippen LogP contribution in [0, 0.1) is 0 Å². The first-order chi connectivity index (χ1) is 8.24. The highest BCUT2D eigenvalue weighted by molar-refractivity contribution is 5.86. The number of carbonyl (C=O) groups excluding carboxylic acids is 1. The molecule has 1 aromatic heterocycles. The highest BCUT2D eigenvalue weighted by atomic mass is 16.7. The van der Waals surface area contributed by atoms with E-state index >= 15 is 0 Å². The largest absolute Gasteiger partial charge is 0.457 e. The first-order valence-electron chi connectivity index (χ1n) is 5.44. The smallest absolute Gasteiger partial charge is 0.375 e. The van der Waals surface area contributed by atoms with Crippen LogP contribution in [0.4, 0.5) is 0 Å². The van der Waals surface area contributed by atoms with Gasteiger partial charge in [0, 0.05) is 0 Å². The van der Waals surface area contributed by atoms with Crippen molar-refractivity contribution in [3.8, 4) is 0 Å². The Morgan fingerprint density at radius 1 is 1.53 bits per heavy atom. The molecule has 0 aromatic carbocycles. The van der Waals surface area contributed by atoms with Crippen LogP contribution in [-0.2, 0) is 14.2 Å². The quantitative estimate of drug-likeness (QED) is 0.575. The van der Waals surface area contributed by atoms with E-state index < -0.39 is 18.4 Å². The average Bonchev–Trinajstić information content (AvgIpc) is 2.94. The Bertz CT molecular complexity index is 447. The lowest BCUT2D eigenvalue weighted by atomic mass is 10.1. The molecule has 3 heterocycles. The van der Waals surface area contributed by atoms with Crippen molar-refractivity contribution in [3.05, 3.63) is 35.8 Å². The zero-order valence-corrected chi connectivity index (χ0v) is 9.29. The Hall–Kier alpha value is -1.59. The number of esters is 1. The summed E-state index contributed by atoms with van der Waals surface area (Å²) in [6.07, 6.45) is 2.34. The minimum absolute atomic E-state index is 0.0152. The summed E-state index contributed by atoms with van der Waals surface area (Å²) >= 11 is 0. The van der Waals surface area contributed by atoms with Crippen molar-refractivity contribution in [1.29, 1.82) is 0 Å². The van der Waals surface area contributed by atoms with E-state index in [9.17, 15) is 4.79 Å².